The predicted molar refractivity (Wildman–Crippen MR) is 70.8 cm³/mol. The van der Waals surface area contributed by atoms with Crippen LogP contribution >= 0.6 is 11.3 Å². The molecule has 0 amide bonds. The molecule has 3 heteroatoms. The van der Waals surface area contributed by atoms with E-state index in [1.807, 2.05) is 11.3 Å². The van der Waals surface area contributed by atoms with Crippen molar-refractivity contribution < 1.29 is 5.11 Å². The Morgan fingerprint density at radius 1 is 1.38 bits per heavy atom. The van der Waals surface area contributed by atoms with E-state index in [9.17, 15) is 0 Å². The topological polar surface area (TPSA) is 32.3 Å². The molecular formula is C13H23NOS. The van der Waals surface area contributed by atoms with Crippen LogP contribution in [0.4, 0.5) is 0 Å². The Labute approximate surface area is 103 Å². The molecule has 0 saturated carbocycles. The largest absolute Gasteiger partial charge is 0.396 e. The van der Waals surface area contributed by atoms with Crippen LogP contribution in [0.2, 0.25) is 0 Å². The van der Waals surface area contributed by atoms with Gasteiger partial charge < -0.3 is 10.4 Å². The van der Waals surface area contributed by atoms with Gasteiger partial charge in [-0.2, -0.15) is 0 Å². The highest BCUT2D eigenvalue weighted by Crippen LogP contribution is 2.25. The van der Waals surface area contributed by atoms with Gasteiger partial charge >= 0.3 is 0 Å². The summed E-state index contributed by atoms with van der Waals surface area (Å²) < 4.78 is 0. The maximum atomic E-state index is 8.87. The summed E-state index contributed by atoms with van der Waals surface area (Å²) in [5.41, 5.74) is 0. The highest BCUT2D eigenvalue weighted by atomic mass is 32.1. The SMILES string of the molecule is CC(CCO)CNC(c1cccs1)C(C)C. The second-order valence-electron chi connectivity index (χ2n) is 4.76. The Balaban J connectivity index is 2.47. The van der Waals surface area contributed by atoms with Crippen LogP contribution in [0, 0.1) is 11.8 Å². The van der Waals surface area contributed by atoms with Crippen LogP contribution in [0.1, 0.15) is 38.1 Å². The predicted octanol–water partition coefficient (Wildman–Crippen LogP) is 3.05. The zero-order valence-electron chi connectivity index (χ0n) is 10.4. The van der Waals surface area contributed by atoms with Gasteiger partial charge in [0.2, 0.25) is 0 Å². The van der Waals surface area contributed by atoms with Gasteiger partial charge in [0.15, 0.2) is 0 Å². The molecule has 0 aliphatic carbocycles. The first-order valence-corrected chi connectivity index (χ1v) is 6.90. The molecule has 0 bridgehead atoms. The number of aliphatic hydroxyl groups excluding tert-OH is 1. The Kier molecular flexibility index (Phi) is 6.03. The van der Waals surface area contributed by atoms with Gasteiger partial charge in [-0.15, -0.1) is 11.3 Å². The van der Waals surface area contributed by atoms with Crippen LogP contribution < -0.4 is 5.32 Å². The van der Waals surface area contributed by atoms with Gasteiger partial charge in [0.25, 0.3) is 0 Å². The Hall–Kier alpha value is -0.380. The van der Waals surface area contributed by atoms with E-state index in [0.29, 0.717) is 17.9 Å². The molecule has 0 aliphatic heterocycles. The molecule has 1 aromatic heterocycles. The third-order valence-electron chi connectivity index (χ3n) is 2.82. The molecule has 0 aliphatic rings. The average Bonchev–Trinajstić information content (AvgIpc) is 2.71. The molecule has 0 spiro atoms. The number of nitrogens with one attached hydrogen (secondary N) is 1. The van der Waals surface area contributed by atoms with Crippen LogP contribution in [0.5, 0.6) is 0 Å². The highest BCUT2D eigenvalue weighted by molar-refractivity contribution is 7.10. The van der Waals surface area contributed by atoms with E-state index < -0.39 is 0 Å². The van der Waals surface area contributed by atoms with Crippen molar-refractivity contribution in [2.24, 2.45) is 11.8 Å². The van der Waals surface area contributed by atoms with E-state index >= 15 is 0 Å². The van der Waals surface area contributed by atoms with Crippen molar-refractivity contribution >= 4 is 11.3 Å². The van der Waals surface area contributed by atoms with Gasteiger partial charge in [0.05, 0.1) is 0 Å². The third-order valence-corrected chi connectivity index (χ3v) is 3.78. The number of thiophene rings is 1. The minimum atomic E-state index is 0.286. The van der Waals surface area contributed by atoms with E-state index in [1.54, 1.807) is 0 Å². The van der Waals surface area contributed by atoms with Crippen molar-refractivity contribution in [1.29, 1.82) is 0 Å². The number of rotatable bonds is 7. The molecule has 2 nitrogen and oxygen atoms in total. The highest BCUT2D eigenvalue weighted by Gasteiger charge is 2.16. The third kappa shape index (κ3) is 4.24. The molecule has 0 saturated heterocycles. The van der Waals surface area contributed by atoms with E-state index in [2.05, 4.69) is 43.6 Å². The summed E-state index contributed by atoms with van der Waals surface area (Å²) in [6, 6.07) is 4.74. The molecular weight excluding hydrogens is 218 g/mol. The maximum absolute atomic E-state index is 8.87. The Bertz CT molecular complexity index is 271. The molecule has 2 unspecified atom stereocenters. The first-order valence-electron chi connectivity index (χ1n) is 6.02. The lowest BCUT2D eigenvalue weighted by Gasteiger charge is -2.23. The van der Waals surface area contributed by atoms with Crippen molar-refractivity contribution in [2.75, 3.05) is 13.2 Å². The number of hydrogen-bond donors (Lipinski definition) is 2. The van der Waals surface area contributed by atoms with E-state index in [-0.39, 0.29) is 6.61 Å². The van der Waals surface area contributed by atoms with Crippen LogP contribution in [0.15, 0.2) is 17.5 Å². The summed E-state index contributed by atoms with van der Waals surface area (Å²) in [5.74, 6) is 1.13. The van der Waals surface area contributed by atoms with Crippen molar-refractivity contribution in [3.8, 4) is 0 Å². The van der Waals surface area contributed by atoms with E-state index in [1.165, 1.54) is 4.88 Å². The molecule has 0 radical (unpaired) electrons. The van der Waals surface area contributed by atoms with Crippen LogP contribution in [-0.2, 0) is 0 Å². The fourth-order valence-electron chi connectivity index (χ4n) is 1.78. The minimum absolute atomic E-state index is 0.286. The monoisotopic (exact) mass is 241 g/mol. The van der Waals surface area contributed by atoms with Crippen molar-refractivity contribution in [1.82, 2.24) is 5.32 Å². The van der Waals surface area contributed by atoms with Gasteiger partial charge in [-0.1, -0.05) is 26.8 Å². The standard InChI is InChI=1S/C13H23NOS/c1-10(2)13(12-5-4-8-16-12)14-9-11(3)6-7-15/h4-5,8,10-11,13-15H,6-7,9H2,1-3H3. The van der Waals surface area contributed by atoms with Gasteiger partial charge in [0, 0.05) is 17.5 Å². The van der Waals surface area contributed by atoms with Crippen molar-refractivity contribution in [2.45, 2.75) is 33.2 Å². The average molecular weight is 241 g/mol. The molecule has 0 aromatic carbocycles. The zero-order valence-corrected chi connectivity index (χ0v) is 11.3. The molecule has 92 valence electrons. The van der Waals surface area contributed by atoms with E-state index in [0.717, 1.165) is 13.0 Å². The summed E-state index contributed by atoms with van der Waals surface area (Å²) >= 11 is 1.81. The first-order chi connectivity index (χ1) is 7.65. The second-order valence-corrected chi connectivity index (χ2v) is 5.74. The van der Waals surface area contributed by atoms with Gasteiger partial charge in [-0.3, -0.25) is 0 Å². The number of hydrogen-bond acceptors (Lipinski definition) is 3. The van der Waals surface area contributed by atoms with Crippen LogP contribution in [0.3, 0.4) is 0 Å². The summed E-state index contributed by atoms with van der Waals surface area (Å²) in [6.45, 7) is 7.92. The molecule has 1 rings (SSSR count). The molecule has 2 N–H and O–H groups in total. The Morgan fingerprint density at radius 3 is 2.62 bits per heavy atom. The summed E-state index contributed by atoms with van der Waals surface area (Å²) in [4.78, 5) is 1.41. The van der Waals surface area contributed by atoms with Gasteiger partial charge in [-0.25, -0.2) is 0 Å². The quantitative estimate of drug-likeness (QED) is 0.769. The van der Waals surface area contributed by atoms with Gasteiger partial charge in [-0.05, 0) is 36.2 Å². The van der Waals surface area contributed by atoms with Crippen LogP contribution in [0.25, 0.3) is 0 Å². The fraction of sp³-hybridized carbons (Fsp3) is 0.692. The number of aliphatic hydroxyl groups is 1. The minimum Gasteiger partial charge on any atom is -0.396 e. The molecule has 2 atom stereocenters. The summed E-state index contributed by atoms with van der Waals surface area (Å²) in [5, 5.41) is 14.6. The molecule has 1 aromatic rings. The summed E-state index contributed by atoms with van der Waals surface area (Å²) in [6.07, 6.45) is 0.877. The molecule has 16 heavy (non-hydrogen) atoms. The molecule has 1 heterocycles. The molecule has 0 fully saturated rings. The summed E-state index contributed by atoms with van der Waals surface area (Å²) in [7, 11) is 0. The normalized spacial score (nSPS) is 15.3. The van der Waals surface area contributed by atoms with Crippen LogP contribution in [-0.4, -0.2) is 18.3 Å². The zero-order chi connectivity index (χ0) is 12.0. The Morgan fingerprint density at radius 2 is 2.12 bits per heavy atom. The lowest BCUT2D eigenvalue weighted by atomic mass is 10.0. The first kappa shape index (κ1) is 13.7. The van der Waals surface area contributed by atoms with Gasteiger partial charge in [0.1, 0.15) is 0 Å². The lowest BCUT2D eigenvalue weighted by Crippen LogP contribution is -2.29. The van der Waals surface area contributed by atoms with Crippen molar-refractivity contribution in [3.63, 3.8) is 0 Å². The van der Waals surface area contributed by atoms with Crippen molar-refractivity contribution in [3.05, 3.63) is 22.4 Å². The fourth-order valence-corrected chi connectivity index (χ4v) is 2.76. The second kappa shape index (κ2) is 7.05. The lowest BCUT2D eigenvalue weighted by molar-refractivity contribution is 0.255. The van der Waals surface area contributed by atoms with E-state index in [4.69, 9.17) is 5.11 Å². The maximum Gasteiger partial charge on any atom is 0.0438 e. The smallest absolute Gasteiger partial charge is 0.0438 e.